The third-order valence-corrected chi connectivity index (χ3v) is 3.21. The maximum Gasteiger partial charge on any atom is 0.325 e. The first-order valence-corrected chi connectivity index (χ1v) is 7.56. The van der Waals surface area contributed by atoms with Crippen molar-refractivity contribution in [1.82, 2.24) is 0 Å². The molecule has 1 aromatic rings. The van der Waals surface area contributed by atoms with Gasteiger partial charge in [0, 0.05) is 11.3 Å². The Morgan fingerprint density at radius 1 is 1.00 bits per heavy atom. The molecular weight excluding hydrogens is 298 g/mol. The van der Waals surface area contributed by atoms with Crippen LogP contribution in [0.15, 0.2) is 18.2 Å². The Hall–Kier alpha value is -2.37. The molecule has 6 heteroatoms. The number of benzene rings is 1. The van der Waals surface area contributed by atoms with Crippen molar-refractivity contribution in [3.05, 3.63) is 29.3 Å². The zero-order valence-corrected chi connectivity index (χ0v) is 14.0. The number of ether oxygens (including phenoxy) is 2. The molecule has 6 nitrogen and oxygen atoms in total. The van der Waals surface area contributed by atoms with Gasteiger partial charge in [-0.05, 0) is 39.3 Å². The van der Waals surface area contributed by atoms with Crippen molar-refractivity contribution in [3.63, 3.8) is 0 Å². The maximum atomic E-state index is 11.8. The lowest BCUT2D eigenvalue weighted by atomic mass is 10.1. The lowest BCUT2D eigenvalue weighted by Gasteiger charge is -2.25. The Kier molecular flexibility index (Phi) is 7.25. The van der Waals surface area contributed by atoms with Crippen molar-refractivity contribution in [3.8, 4) is 0 Å². The lowest BCUT2D eigenvalue weighted by Crippen LogP contribution is -2.36. The molecule has 0 saturated carbocycles. The van der Waals surface area contributed by atoms with Gasteiger partial charge >= 0.3 is 11.9 Å². The van der Waals surface area contributed by atoms with Crippen LogP contribution in [0.25, 0.3) is 0 Å². The summed E-state index contributed by atoms with van der Waals surface area (Å²) in [6.45, 7) is 7.10. The molecule has 0 N–H and O–H groups in total. The Morgan fingerprint density at radius 2 is 1.52 bits per heavy atom. The summed E-state index contributed by atoms with van der Waals surface area (Å²) in [4.78, 5) is 36.8. The van der Waals surface area contributed by atoms with E-state index in [2.05, 4.69) is 0 Å². The minimum atomic E-state index is -0.440. The first-order valence-electron chi connectivity index (χ1n) is 7.56. The van der Waals surface area contributed by atoms with Gasteiger partial charge in [0.25, 0.3) is 0 Å². The number of anilines is 1. The molecular formula is C17H23NO5. The summed E-state index contributed by atoms with van der Waals surface area (Å²) >= 11 is 0. The first-order chi connectivity index (χ1) is 10.9. The normalized spacial score (nSPS) is 10.1. The Labute approximate surface area is 136 Å². The molecule has 0 aliphatic carbocycles. The van der Waals surface area contributed by atoms with Crippen LogP contribution in [-0.2, 0) is 19.1 Å². The molecule has 0 atom stereocenters. The van der Waals surface area contributed by atoms with E-state index in [0.29, 0.717) is 11.3 Å². The Balaban J connectivity index is 3.11. The van der Waals surface area contributed by atoms with Gasteiger partial charge in [-0.1, -0.05) is 12.1 Å². The molecule has 0 fully saturated rings. The standard InChI is InChI=1S/C17H23NO5/c1-5-22-16(20)10-18(11-17(21)23-6-2)15-9-14(13(4)19)8-7-12(15)3/h7-9H,5-6,10-11H2,1-4H3. The van der Waals surface area contributed by atoms with Crippen LogP contribution in [-0.4, -0.2) is 44.0 Å². The van der Waals surface area contributed by atoms with E-state index < -0.39 is 11.9 Å². The van der Waals surface area contributed by atoms with Gasteiger partial charge in [0.2, 0.25) is 0 Å². The number of rotatable bonds is 8. The number of nitrogens with zero attached hydrogens (tertiary/aromatic N) is 1. The molecule has 0 heterocycles. The molecule has 0 spiro atoms. The molecule has 0 unspecified atom stereocenters. The Morgan fingerprint density at radius 3 is 1.96 bits per heavy atom. The summed E-state index contributed by atoms with van der Waals surface area (Å²) in [6.07, 6.45) is 0. The summed E-state index contributed by atoms with van der Waals surface area (Å²) in [5.74, 6) is -0.965. The fourth-order valence-corrected chi connectivity index (χ4v) is 2.12. The van der Waals surface area contributed by atoms with Gasteiger partial charge in [-0.25, -0.2) is 0 Å². The summed E-state index contributed by atoms with van der Waals surface area (Å²) in [6, 6.07) is 5.18. The molecule has 1 rings (SSSR count). The summed E-state index contributed by atoms with van der Waals surface area (Å²) < 4.78 is 9.91. The quantitative estimate of drug-likeness (QED) is 0.539. The van der Waals surface area contributed by atoms with Gasteiger partial charge in [0.05, 0.1) is 13.2 Å². The minimum absolute atomic E-state index is 0.0848. The second kappa shape index (κ2) is 8.92. The number of Topliss-reactive ketones (excluding diaryl/α,β-unsaturated/α-hetero) is 1. The second-order valence-electron chi connectivity index (χ2n) is 5.02. The van der Waals surface area contributed by atoms with Crippen molar-refractivity contribution < 1.29 is 23.9 Å². The fraction of sp³-hybridized carbons (Fsp3) is 0.471. The highest BCUT2D eigenvalue weighted by molar-refractivity contribution is 5.95. The number of ketones is 1. The summed E-state index contributed by atoms with van der Waals surface area (Å²) in [7, 11) is 0. The van der Waals surface area contributed by atoms with Crippen LogP contribution < -0.4 is 4.90 Å². The molecule has 0 aliphatic rings. The van der Waals surface area contributed by atoms with E-state index in [-0.39, 0.29) is 32.1 Å². The van der Waals surface area contributed by atoms with Crippen LogP contribution in [0, 0.1) is 6.92 Å². The van der Waals surface area contributed by atoms with Crippen LogP contribution in [0.2, 0.25) is 0 Å². The molecule has 0 bridgehead atoms. The number of aryl methyl sites for hydroxylation is 1. The fourth-order valence-electron chi connectivity index (χ4n) is 2.12. The van der Waals surface area contributed by atoms with E-state index in [1.807, 2.05) is 6.92 Å². The van der Waals surface area contributed by atoms with Crippen LogP contribution >= 0.6 is 0 Å². The van der Waals surface area contributed by atoms with Crippen molar-refractivity contribution in [2.75, 3.05) is 31.2 Å². The van der Waals surface area contributed by atoms with Gasteiger partial charge in [0.1, 0.15) is 13.1 Å². The average molecular weight is 321 g/mol. The zero-order chi connectivity index (χ0) is 17.4. The van der Waals surface area contributed by atoms with Gasteiger partial charge in [-0.2, -0.15) is 0 Å². The predicted octanol–water partition coefficient (Wildman–Crippen LogP) is 2.13. The molecule has 0 aliphatic heterocycles. The van der Waals surface area contributed by atoms with Gasteiger partial charge < -0.3 is 14.4 Å². The lowest BCUT2D eigenvalue weighted by molar-refractivity contribution is -0.142. The molecule has 23 heavy (non-hydrogen) atoms. The summed E-state index contributed by atoms with van der Waals surface area (Å²) in [5.41, 5.74) is 2.01. The van der Waals surface area contributed by atoms with Crippen molar-refractivity contribution in [1.29, 1.82) is 0 Å². The monoisotopic (exact) mass is 321 g/mol. The van der Waals surface area contributed by atoms with E-state index in [1.54, 1.807) is 36.9 Å². The van der Waals surface area contributed by atoms with E-state index in [4.69, 9.17) is 9.47 Å². The third-order valence-electron chi connectivity index (χ3n) is 3.21. The van der Waals surface area contributed by atoms with E-state index in [0.717, 1.165) is 5.56 Å². The number of esters is 2. The van der Waals surface area contributed by atoms with Crippen molar-refractivity contribution >= 4 is 23.4 Å². The number of carbonyl (C=O) groups is 3. The Bertz CT molecular complexity index is 562. The molecule has 0 aromatic heterocycles. The maximum absolute atomic E-state index is 11.8. The SMILES string of the molecule is CCOC(=O)CN(CC(=O)OCC)c1cc(C(C)=O)ccc1C. The summed E-state index contributed by atoms with van der Waals surface area (Å²) in [5, 5.41) is 0. The molecule has 1 aromatic carbocycles. The highest BCUT2D eigenvalue weighted by atomic mass is 16.5. The van der Waals surface area contributed by atoms with Gasteiger partial charge in [-0.3, -0.25) is 14.4 Å². The number of hydrogen-bond donors (Lipinski definition) is 0. The minimum Gasteiger partial charge on any atom is -0.465 e. The van der Waals surface area contributed by atoms with Gasteiger partial charge in [-0.15, -0.1) is 0 Å². The number of carbonyl (C=O) groups excluding carboxylic acids is 3. The average Bonchev–Trinajstić information content (AvgIpc) is 2.47. The smallest absolute Gasteiger partial charge is 0.325 e. The van der Waals surface area contributed by atoms with Crippen LogP contribution in [0.4, 0.5) is 5.69 Å². The second-order valence-corrected chi connectivity index (χ2v) is 5.02. The zero-order valence-electron chi connectivity index (χ0n) is 14.0. The first kappa shape index (κ1) is 18.7. The predicted molar refractivity (Wildman–Crippen MR) is 86.7 cm³/mol. The third kappa shape index (κ3) is 5.73. The van der Waals surface area contributed by atoms with Crippen molar-refractivity contribution in [2.45, 2.75) is 27.7 Å². The van der Waals surface area contributed by atoms with Crippen LogP contribution in [0.3, 0.4) is 0 Å². The van der Waals surface area contributed by atoms with E-state index in [1.165, 1.54) is 6.92 Å². The topological polar surface area (TPSA) is 72.9 Å². The molecule has 0 saturated heterocycles. The molecule has 126 valence electrons. The number of hydrogen-bond acceptors (Lipinski definition) is 6. The van der Waals surface area contributed by atoms with Crippen LogP contribution in [0.1, 0.15) is 36.7 Å². The van der Waals surface area contributed by atoms with Crippen LogP contribution in [0.5, 0.6) is 0 Å². The highest BCUT2D eigenvalue weighted by Gasteiger charge is 2.19. The largest absolute Gasteiger partial charge is 0.465 e. The van der Waals surface area contributed by atoms with Crippen molar-refractivity contribution in [2.24, 2.45) is 0 Å². The van der Waals surface area contributed by atoms with Gasteiger partial charge in [0.15, 0.2) is 5.78 Å². The molecule has 0 amide bonds. The van der Waals surface area contributed by atoms with E-state index in [9.17, 15) is 14.4 Å². The molecule has 0 radical (unpaired) electrons. The van der Waals surface area contributed by atoms with E-state index >= 15 is 0 Å². The highest BCUT2D eigenvalue weighted by Crippen LogP contribution is 2.22.